The third kappa shape index (κ3) is 2.07. The molecule has 5 heteroatoms. The van der Waals surface area contributed by atoms with Crippen molar-refractivity contribution in [2.45, 2.75) is 13.8 Å². The maximum atomic E-state index is 4.26. The Kier molecular flexibility index (Phi) is 2.53. The highest BCUT2D eigenvalue weighted by atomic mass is 15.4. The molecule has 0 amide bonds. The van der Waals surface area contributed by atoms with Crippen LogP contribution in [0, 0.1) is 13.8 Å². The van der Waals surface area contributed by atoms with Crippen molar-refractivity contribution >= 4 is 6.21 Å². The van der Waals surface area contributed by atoms with Gasteiger partial charge in [0.15, 0.2) is 11.6 Å². The second-order valence-electron chi connectivity index (χ2n) is 3.14. The van der Waals surface area contributed by atoms with Gasteiger partial charge in [0.2, 0.25) is 0 Å². The number of rotatable bonds is 2. The highest BCUT2D eigenvalue weighted by Crippen LogP contribution is 1.99. The van der Waals surface area contributed by atoms with Crippen LogP contribution < -0.4 is 0 Å². The van der Waals surface area contributed by atoms with Gasteiger partial charge in [-0.05, 0) is 19.9 Å². The summed E-state index contributed by atoms with van der Waals surface area (Å²) in [6, 6.07) is 3.80. The summed E-state index contributed by atoms with van der Waals surface area (Å²) >= 11 is 0. The van der Waals surface area contributed by atoms with E-state index in [9.17, 15) is 0 Å². The van der Waals surface area contributed by atoms with Crippen LogP contribution in [-0.4, -0.2) is 26.1 Å². The summed E-state index contributed by atoms with van der Waals surface area (Å²) in [5.74, 6) is 1.54. The molecule has 2 aromatic heterocycles. The zero-order valence-corrected chi connectivity index (χ0v) is 8.62. The third-order valence-corrected chi connectivity index (χ3v) is 1.96. The molecule has 0 saturated carbocycles. The maximum Gasteiger partial charge on any atom is 0.151 e. The summed E-state index contributed by atoms with van der Waals surface area (Å²) in [6.45, 7) is 3.72. The van der Waals surface area contributed by atoms with Gasteiger partial charge in [-0.15, -0.1) is 10.2 Å². The van der Waals surface area contributed by atoms with Crippen molar-refractivity contribution in [1.82, 2.24) is 19.9 Å². The van der Waals surface area contributed by atoms with Crippen LogP contribution in [0.3, 0.4) is 0 Å². The molecule has 0 aromatic carbocycles. The van der Waals surface area contributed by atoms with E-state index in [0.717, 1.165) is 17.2 Å². The van der Waals surface area contributed by atoms with E-state index in [2.05, 4.69) is 20.3 Å². The lowest BCUT2D eigenvalue weighted by molar-refractivity contribution is 0.799. The molecule has 0 unspecified atom stereocenters. The van der Waals surface area contributed by atoms with E-state index in [1.807, 2.05) is 26.0 Å². The maximum absolute atomic E-state index is 4.26. The average molecular weight is 201 g/mol. The molecule has 0 fully saturated rings. The predicted molar refractivity (Wildman–Crippen MR) is 56.7 cm³/mol. The van der Waals surface area contributed by atoms with Gasteiger partial charge in [0.25, 0.3) is 0 Å². The highest BCUT2D eigenvalue weighted by molar-refractivity contribution is 5.78. The number of pyridine rings is 1. The molecule has 0 N–H and O–H groups in total. The number of hydrogen-bond donors (Lipinski definition) is 0. The SMILES string of the molecule is Cc1nnc(C)n1/N=C\c1cccnc1. The Morgan fingerprint density at radius 1 is 1.27 bits per heavy atom. The fourth-order valence-electron chi connectivity index (χ4n) is 1.21. The van der Waals surface area contributed by atoms with E-state index >= 15 is 0 Å². The van der Waals surface area contributed by atoms with E-state index in [1.54, 1.807) is 23.3 Å². The van der Waals surface area contributed by atoms with E-state index < -0.39 is 0 Å². The minimum atomic E-state index is 0.771. The van der Waals surface area contributed by atoms with Gasteiger partial charge in [-0.3, -0.25) is 4.98 Å². The largest absolute Gasteiger partial charge is 0.264 e. The molecule has 0 bridgehead atoms. The summed E-state index contributed by atoms with van der Waals surface area (Å²) in [4.78, 5) is 4.00. The smallest absolute Gasteiger partial charge is 0.151 e. The van der Waals surface area contributed by atoms with Crippen molar-refractivity contribution < 1.29 is 0 Å². The van der Waals surface area contributed by atoms with Crippen molar-refractivity contribution in [3.05, 3.63) is 41.7 Å². The zero-order chi connectivity index (χ0) is 10.7. The molecule has 0 saturated heterocycles. The van der Waals surface area contributed by atoms with E-state index in [1.165, 1.54) is 0 Å². The zero-order valence-electron chi connectivity index (χ0n) is 8.62. The normalized spacial score (nSPS) is 11.1. The summed E-state index contributed by atoms with van der Waals surface area (Å²) in [6.07, 6.45) is 5.21. The monoisotopic (exact) mass is 201 g/mol. The van der Waals surface area contributed by atoms with Gasteiger partial charge >= 0.3 is 0 Å². The molecule has 0 aliphatic carbocycles. The molecular weight excluding hydrogens is 190 g/mol. The van der Waals surface area contributed by atoms with Crippen molar-refractivity contribution in [3.8, 4) is 0 Å². The molecule has 0 aliphatic heterocycles. The first-order valence-electron chi connectivity index (χ1n) is 4.60. The minimum Gasteiger partial charge on any atom is -0.264 e. The van der Waals surface area contributed by atoms with Crippen molar-refractivity contribution in [2.75, 3.05) is 0 Å². The molecule has 2 rings (SSSR count). The van der Waals surface area contributed by atoms with Crippen LogP contribution in [0.25, 0.3) is 0 Å². The Bertz CT molecular complexity index is 452. The summed E-state index contributed by atoms with van der Waals surface area (Å²) in [5.41, 5.74) is 0.949. The van der Waals surface area contributed by atoms with E-state index in [0.29, 0.717) is 0 Å². The fourth-order valence-corrected chi connectivity index (χ4v) is 1.21. The molecule has 0 spiro atoms. The Morgan fingerprint density at radius 3 is 2.60 bits per heavy atom. The van der Waals surface area contributed by atoms with Crippen LogP contribution in [0.4, 0.5) is 0 Å². The summed E-state index contributed by atoms with van der Waals surface area (Å²) in [7, 11) is 0. The third-order valence-electron chi connectivity index (χ3n) is 1.96. The van der Waals surface area contributed by atoms with Crippen LogP contribution in [0.1, 0.15) is 17.2 Å². The van der Waals surface area contributed by atoms with Crippen molar-refractivity contribution in [1.29, 1.82) is 0 Å². The van der Waals surface area contributed by atoms with E-state index in [4.69, 9.17) is 0 Å². The molecule has 5 nitrogen and oxygen atoms in total. The van der Waals surface area contributed by atoms with Crippen LogP contribution in [-0.2, 0) is 0 Å². The summed E-state index contributed by atoms with van der Waals surface area (Å²) < 4.78 is 1.69. The van der Waals surface area contributed by atoms with Crippen molar-refractivity contribution in [2.24, 2.45) is 5.10 Å². The Balaban J connectivity index is 2.26. The minimum absolute atomic E-state index is 0.771. The quantitative estimate of drug-likeness (QED) is 0.685. The van der Waals surface area contributed by atoms with Crippen LogP contribution >= 0.6 is 0 Å². The van der Waals surface area contributed by atoms with Crippen LogP contribution in [0.15, 0.2) is 29.6 Å². The second kappa shape index (κ2) is 4.00. The molecular formula is C10H11N5. The Hall–Kier alpha value is -2.04. The second-order valence-corrected chi connectivity index (χ2v) is 3.14. The van der Waals surface area contributed by atoms with Crippen LogP contribution in [0.2, 0.25) is 0 Å². The lowest BCUT2D eigenvalue weighted by atomic mass is 10.3. The Morgan fingerprint density at radius 2 is 2.00 bits per heavy atom. The summed E-state index contributed by atoms with van der Waals surface area (Å²) in [5, 5.41) is 12.1. The lowest BCUT2D eigenvalue weighted by Crippen LogP contribution is -1.96. The fraction of sp³-hybridized carbons (Fsp3) is 0.200. The van der Waals surface area contributed by atoms with Gasteiger partial charge in [-0.25, -0.2) is 4.68 Å². The predicted octanol–water partition coefficient (Wildman–Crippen LogP) is 1.17. The molecule has 0 atom stereocenters. The van der Waals surface area contributed by atoms with Gasteiger partial charge in [-0.1, -0.05) is 6.07 Å². The van der Waals surface area contributed by atoms with Crippen LogP contribution in [0.5, 0.6) is 0 Å². The highest BCUT2D eigenvalue weighted by Gasteiger charge is 2.00. The molecule has 0 aliphatic rings. The average Bonchev–Trinajstić information content (AvgIpc) is 2.58. The standard InChI is InChI=1S/C10H11N5/c1-8-13-14-9(2)15(8)12-7-10-4-3-5-11-6-10/h3-7H,1-2H3/b12-7-. The first-order chi connectivity index (χ1) is 7.27. The van der Waals surface area contributed by atoms with Gasteiger partial charge in [0.05, 0.1) is 6.21 Å². The van der Waals surface area contributed by atoms with E-state index in [-0.39, 0.29) is 0 Å². The van der Waals surface area contributed by atoms with Gasteiger partial charge in [0.1, 0.15) is 0 Å². The number of nitrogens with zero attached hydrogens (tertiary/aromatic N) is 5. The lowest BCUT2D eigenvalue weighted by Gasteiger charge is -1.96. The number of hydrogen-bond acceptors (Lipinski definition) is 4. The van der Waals surface area contributed by atoms with Gasteiger partial charge < -0.3 is 0 Å². The number of aromatic nitrogens is 4. The first-order valence-corrected chi connectivity index (χ1v) is 4.60. The molecule has 2 aromatic rings. The molecule has 76 valence electrons. The van der Waals surface area contributed by atoms with Gasteiger partial charge in [0, 0.05) is 18.0 Å². The first kappa shape index (κ1) is 9.51. The van der Waals surface area contributed by atoms with Gasteiger partial charge in [-0.2, -0.15) is 5.10 Å². The molecule has 0 radical (unpaired) electrons. The molecule has 15 heavy (non-hydrogen) atoms. The Labute approximate surface area is 87.5 Å². The van der Waals surface area contributed by atoms with Crippen molar-refractivity contribution in [3.63, 3.8) is 0 Å². The molecule has 2 heterocycles. The number of aryl methyl sites for hydroxylation is 2. The topological polar surface area (TPSA) is 56.0 Å².